The molecule has 5 nitrogen and oxygen atoms in total. The number of halogens is 1. The van der Waals surface area contributed by atoms with E-state index in [1.54, 1.807) is 37.3 Å². The summed E-state index contributed by atoms with van der Waals surface area (Å²) in [5, 5.41) is 0.199. The molecule has 0 saturated heterocycles. The van der Waals surface area contributed by atoms with Gasteiger partial charge in [0.2, 0.25) is 0 Å². The first kappa shape index (κ1) is 17.6. The minimum Gasteiger partial charge on any atom is -0.465 e. The third-order valence-corrected chi connectivity index (χ3v) is 6.07. The highest BCUT2D eigenvalue weighted by molar-refractivity contribution is 7.92. The molecule has 0 bridgehead atoms. The molecule has 0 radical (unpaired) electrons. The third kappa shape index (κ3) is 3.19. The summed E-state index contributed by atoms with van der Waals surface area (Å²) in [5.41, 5.74) is 0.562. The Morgan fingerprint density at radius 2 is 1.88 bits per heavy atom. The zero-order valence-corrected chi connectivity index (χ0v) is 14.9. The lowest BCUT2D eigenvalue weighted by Gasteiger charge is -2.11. The van der Waals surface area contributed by atoms with E-state index in [4.69, 9.17) is 16.3 Å². The topological polar surface area (TPSA) is 77.5 Å². The quantitative estimate of drug-likeness (QED) is 0.603. The fraction of sp³-hybridized carbons (Fsp3) is 0.222. The molecule has 130 valence electrons. The Kier molecular flexibility index (Phi) is 4.67. The van der Waals surface area contributed by atoms with Gasteiger partial charge in [-0.1, -0.05) is 41.9 Å². The number of ketones is 1. The summed E-state index contributed by atoms with van der Waals surface area (Å²) in [6.07, 6.45) is 0. The van der Waals surface area contributed by atoms with Crippen molar-refractivity contribution in [2.24, 2.45) is 0 Å². The lowest BCUT2D eigenvalue weighted by Crippen LogP contribution is -2.17. The molecule has 0 fully saturated rings. The van der Waals surface area contributed by atoms with E-state index in [1.807, 2.05) is 0 Å². The van der Waals surface area contributed by atoms with E-state index in [9.17, 15) is 18.0 Å². The smallest absolute Gasteiger partial charge is 0.314 e. The minimum absolute atomic E-state index is 0.0134. The second kappa shape index (κ2) is 6.61. The van der Waals surface area contributed by atoms with Gasteiger partial charge in [-0.3, -0.25) is 9.59 Å². The zero-order chi connectivity index (χ0) is 18.2. The van der Waals surface area contributed by atoms with Crippen LogP contribution < -0.4 is 0 Å². The minimum atomic E-state index is -3.80. The van der Waals surface area contributed by atoms with Gasteiger partial charge >= 0.3 is 5.97 Å². The van der Waals surface area contributed by atoms with Crippen molar-refractivity contribution < 1.29 is 22.7 Å². The zero-order valence-electron chi connectivity index (χ0n) is 13.4. The standard InChI is InChI=1S/C18H15ClO5S/c1-2-24-18(21)15-10-25(22,23)17-13(15)8-12(19)9-14(17)16(20)11-6-4-3-5-7-11/h3-9,15H,2,10H2,1H3/t15-/m0/s1. The molecular weight excluding hydrogens is 364 g/mol. The number of carbonyl (C=O) groups is 2. The van der Waals surface area contributed by atoms with Gasteiger partial charge in [-0.25, -0.2) is 8.42 Å². The summed E-state index contributed by atoms with van der Waals surface area (Å²) in [4.78, 5) is 24.8. The van der Waals surface area contributed by atoms with Crippen LogP contribution in [0.15, 0.2) is 47.4 Å². The first-order valence-electron chi connectivity index (χ1n) is 7.67. The lowest BCUT2D eigenvalue weighted by atomic mass is 9.95. The number of rotatable bonds is 4. The van der Waals surface area contributed by atoms with Crippen LogP contribution in [0.3, 0.4) is 0 Å². The molecule has 2 aromatic rings. The van der Waals surface area contributed by atoms with E-state index < -0.39 is 33.3 Å². The molecule has 25 heavy (non-hydrogen) atoms. The van der Waals surface area contributed by atoms with Gasteiger partial charge in [-0.2, -0.15) is 0 Å². The average Bonchev–Trinajstić information content (AvgIpc) is 2.85. The maximum Gasteiger partial charge on any atom is 0.314 e. The van der Waals surface area contributed by atoms with Gasteiger partial charge in [-0.15, -0.1) is 0 Å². The van der Waals surface area contributed by atoms with Crippen molar-refractivity contribution in [2.75, 3.05) is 12.4 Å². The van der Waals surface area contributed by atoms with Crippen LogP contribution in [0.1, 0.15) is 34.3 Å². The molecule has 1 aliphatic heterocycles. The Morgan fingerprint density at radius 1 is 1.20 bits per heavy atom. The molecule has 1 heterocycles. The summed E-state index contributed by atoms with van der Waals surface area (Å²) in [6, 6.07) is 11.1. The summed E-state index contributed by atoms with van der Waals surface area (Å²) in [5.74, 6) is -2.48. The van der Waals surface area contributed by atoms with Crippen LogP contribution in [-0.2, 0) is 19.4 Å². The van der Waals surface area contributed by atoms with Crippen LogP contribution in [0.4, 0.5) is 0 Å². The van der Waals surface area contributed by atoms with Gasteiger partial charge in [-0.05, 0) is 24.6 Å². The van der Waals surface area contributed by atoms with Crippen molar-refractivity contribution in [2.45, 2.75) is 17.7 Å². The molecule has 0 spiro atoms. The van der Waals surface area contributed by atoms with Gasteiger partial charge < -0.3 is 4.74 Å². The fourth-order valence-electron chi connectivity index (χ4n) is 2.96. The number of fused-ring (bicyclic) bond motifs is 1. The van der Waals surface area contributed by atoms with Gasteiger partial charge in [0.05, 0.1) is 23.2 Å². The van der Waals surface area contributed by atoms with Crippen LogP contribution in [0.25, 0.3) is 0 Å². The summed E-state index contributed by atoms with van der Waals surface area (Å²) in [7, 11) is -3.80. The molecule has 0 N–H and O–H groups in total. The monoisotopic (exact) mass is 378 g/mol. The number of sulfone groups is 1. The van der Waals surface area contributed by atoms with Crippen molar-refractivity contribution in [3.05, 3.63) is 64.2 Å². The van der Waals surface area contributed by atoms with E-state index >= 15 is 0 Å². The van der Waals surface area contributed by atoms with Crippen molar-refractivity contribution >= 4 is 33.2 Å². The van der Waals surface area contributed by atoms with E-state index in [0.717, 1.165) is 0 Å². The molecular formula is C18H15ClO5S. The third-order valence-electron chi connectivity index (χ3n) is 4.01. The molecule has 0 unspecified atom stereocenters. The van der Waals surface area contributed by atoms with E-state index in [2.05, 4.69) is 0 Å². The molecule has 2 aromatic carbocycles. The molecule has 1 atom stereocenters. The first-order chi connectivity index (χ1) is 11.8. The normalized spacial score (nSPS) is 17.8. The molecule has 0 saturated carbocycles. The lowest BCUT2D eigenvalue weighted by molar-refractivity contribution is -0.144. The van der Waals surface area contributed by atoms with E-state index in [-0.39, 0.29) is 27.7 Å². The Bertz CT molecular complexity index is 951. The number of carbonyl (C=O) groups excluding carboxylic acids is 2. The maximum absolute atomic E-state index is 12.8. The molecule has 0 aliphatic carbocycles. The van der Waals surface area contributed by atoms with Crippen molar-refractivity contribution in [1.82, 2.24) is 0 Å². The number of benzene rings is 2. The summed E-state index contributed by atoms with van der Waals surface area (Å²) < 4.78 is 30.2. The molecule has 0 amide bonds. The van der Waals surface area contributed by atoms with Gasteiger partial charge in [0, 0.05) is 16.1 Å². The van der Waals surface area contributed by atoms with Crippen LogP contribution in [0.5, 0.6) is 0 Å². The number of esters is 1. The van der Waals surface area contributed by atoms with Crippen LogP contribution >= 0.6 is 11.6 Å². The highest BCUT2D eigenvalue weighted by atomic mass is 35.5. The van der Waals surface area contributed by atoms with Crippen molar-refractivity contribution in [1.29, 1.82) is 0 Å². The average molecular weight is 379 g/mol. The first-order valence-corrected chi connectivity index (χ1v) is 9.70. The van der Waals surface area contributed by atoms with E-state index in [1.165, 1.54) is 12.1 Å². The molecule has 3 rings (SSSR count). The molecule has 7 heteroatoms. The predicted octanol–water partition coefficient (Wildman–Crippen LogP) is 3.01. The number of hydrogen-bond acceptors (Lipinski definition) is 5. The SMILES string of the molecule is CCOC(=O)[C@H]1CS(=O)(=O)c2c(C(=O)c3ccccc3)cc(Cl)cc21. The van der Waals surface area contributed by atoms with Crippen LogP contribution in [0.2, 0.25) is 5.02 Å². The Balaban J connectivity index is 2.19. The second-order valence-corrected chi connectivity index (χ2v) is 8.06. The van der Waals surface area contributed by atoms with Crippen molar-refractivity contribution in [3.8, 4) is 0 Å². The van der Waals surface area contributed by atoms with Gasteiger partial charge in [0.25, 0.3) is 0 Å². The highest BCUT2D eigenvalue weighted by Crippen LogP contribution is 2.40. The number of hydrogen-bond donors (Lipinski definition) is 0. The van der Waals surface area contributed by atoms with Gasteiger partial charge in [0.1, 0.15) is 0 Å². The largest absolute Gasteiger partial charge is 0.465 e. The van der Waals surface area contributed by atoms with Gasteiger partial charge in [0.15, 0.2) is 15.6 Å². The van der Waals surface area contributed by atoms with E-state index in [0.29, 0.717) is 5.56 Å². The predicted molar refractivity (Wildman–Crippen MR) is 92.8 cm³/mol. The second-order valence-electron chi connectivity index (χ2n) is 5.65. The summed E-state index contributed by atoms with van der Waals surface area (Å²) in [6.45, 7) is 1.78. The fourth-order valence-corrected chi connectivity index (χ4v) is 5.16. The molecule has 1 aliphatic rings. The Labute approximate surface area is 150 Å². The Hall–Kier alpha value is -2.18. The Morgan fingerprint density at radius 3 is 2.52 bits per heavy atom. The highest BCUT2D eigenvalue weighted by Gasteiger charge is 2.43. The number of ether oxygens (including phenoxy) is 1. The molecule has 0 aromatic heterocycles. The summed E-state index contributed by atoms with van der Waals surface area (Å²) >= 11 is 6.10. The van der Waals surface area contributed by atoms with Crippen LogP contribution in [-0.4, -0.2) is 32.5 Å². The maximum atomic E-state index is 12.8. The van der Waals surface area contributed by atoms with Crippen LogP contribution in [0, 0.1) is 0 Å². The van der Waals surface area contributed by atoms with Crippen molar-refractivity contribution in [3.63, 3.8) is 0 Å².